The fourth-order valence-electron chi connectivity index (χ4n) is 1.31. The minimum atomic E-state index is -0.0383. The molecule has 0 saturated heterocycles. The van der Waals surface area contributed by atoms with Crippen molar-refractivity contribution in [1.29, 1.82) is 16.2 Å². The molecular weight excluding hydrogens is 164 g/mol. The maximum atomic E-state index is 7.55. The van der Waals surface area contributed by atoms with Gasteiger partial charge in [0.05, 0.1) is 11.0 Å². The standard InChI is InChI=1S/C9H14N4/c1-2-3-4-5-6(10)8(12)9(13)7(5)11/h10,12-13H,2-4,11H2,1H3. The molecule has 0 heterocycles. The van der Waals surface area contributed by atoms with Crippen LogP contribution in [0.5, 0.6) is 0 Å². The summed E-state index contributed by atoms with van der Waals surface area (Å²) in [4.78, 5) is 0. The third kappa shape index (κ3) is 1.52. The average Bonchev–Trinajstić information content (AvgIpc) is 2.30. The van der Waals surface area contributed by atoms with Crippen LogP contribution < -0.4 is 21.8 Å². The molecule has 70 valence electrons. The van der Waals surface area contributed by atoms with Gasteiger partial charge in [-0.1, -0.05) is 13.3 Å². The van der Waals surface area contributed by atoms with E-state index in [1.165, 1.54) is 0 Å². The first-order valence-corrected chi connectivity index (χ1v) is 4.35. The van der Waals surface area contributed by atoms with Crippen molar-refractivity contribution >= 4 is 5.69 Å². The van der Waals surface area contributed by atoms with Crippen LogP contribution in [0.15, 0.2) is 0 Å². The molecule has 0 fully saturated rings. The Labute approximate surface area is 76.3 Å². The summed E-state index contributed by atoms with van der Waals surface area (Å²) in [7, 11) is 0. The number of nitrogens with one attached hydrogen (secondary N) is 3. The fraction of sp³-hybridized carbons (Fsp3) is 0.444. The average molecular weight is 178 g/mol. The number of nitrogens with two attached hydrogens (primary N) is 1. The van der Waals surface area contributed by atoms with Gasteiger partial charge in [-0.05, 0) is 12.8 Å². The van der Waals surface area contributed by atoms with E-state index in [4.69, 9.17) is 22.0 Å². The van der Waals surface area contributed by atoms with Crippen molar-refractivity contribution in [2.24, 2.45) is 0 Å². The second-order valence-electron chi connectivity index (χ2n) is 3.12. The Morgan fingerprint density at radius 3 is 2.08 bits per heavy atom. The van der Waals surface area contributed by atoms with Crippen molar-refractivity contribution < 1.29 is 0 Å². The van der Waals surface area contributed by atoms with E-state index in [2.05, 4.69) is 6.92 Å². The van der Waals surface area contributed by atoms with Crippen LogP contribution in [0.3, 0.4) is 0 Å². The molecule has 0 aromatic heterocycles. The molecule has 0 aliphatic rings. The largest absolute Gasteiger partial charge is 0.397 e. The monoisotopic (exact) mass is 178 g/mol. The molecule has 1 aromatic carbocycles. The van der Waals surface area contributed by atoms with E-state index in [1.54, 1.807) is 0 Å². The summed E-state index contributed by atoms with van der Waals surface area (Å²) in [5.74, 6) is 0. The zero-order chi connectivity index (χ0) is 10.0. The van der Waals surface area contributed by atoms with Crippen LogP contribution in [0.4, 0.5) is 5.69 Å². The molecular formula is C9H14N4. The third-order valence-electron chi connectivity index (χ3n) is 2.18. The molecule has 0 spiro atoms. The first kappa shape index (κ1) is 9.64. The lowest BCUT2D eigenvalue weighted by atomic mass is 10.1. The molecule has 0 bridgehead atoms. The van der Waals surface area contributed by atoms with Gasteiger partial charge >= 0.3 is 0 Å². The molecule has 1 aromatic rings. The SMILES string of the molecule is CCCCc1c(N)c(=N)c(=N)c1=N. The topological polar surface area (TPSA) is 97.6 Å². The molecule has 0 radical (unpaired) electrons. The van der Waals surface area contributed by atoms with Gasteiger partial charge in [-0.2, -0.15) is 0 Å². The predicted octanol–water partition coefficient (Wildman–Crippen LogP) is -0.0746. The van der Waals surface area contributed by atoms with Crippen molar-refractivity contribution in [3.05, 3.63) is 21.6 Å². The summed E-state index contributed by atoms with van der Waals surface area (Å²) in [6.07, 6.45) is 2.70. The molecule has 0 aliphatic heterocycles. The van der Waals surface area contributed by atoms with E-state index in [0.29, 0.717) is 17.7 Å². The van der Waals surface area contributed by atoms with Crippen LogP contribution in [-0.4, -0.2) is 0 Å². The van der Waals surface area contributed by atoms with Gasteiger partial charge in [0.2, 0.25) is 0 Å². The summed E-state index contributed by atoms with van der Waals surface area (Å²) < 4.78 is 0. The Hall–Kier alpha value is -1.45. The summed E-state index contributed by atoms with van der Waals surface area (Å²) in [5, 5.41) is 22.5. The summed E-state index contributed by atoms with van der Waals surface area (Å²) in [5.41, 5.74) is 6.62. The maximum absolute atomic E-state index is 7.55. The summed E-state index contributed by atoms with van der Waals surface area (Å²) in [6, 6.07) is 0. The quantitative estimate of drug-likeness (QED) is 0.512. The Bertz CT molecular complexity index is 437. The first-order valence-electron chi connectivity index (χ1n) is 4.35. The number of unbranched alkanes of at least 4 members (excludes halogenated alkanes) is 1. The van der Waals surface area contributed by atoms with Crippen LogP contribution in [0, 0.1) is 16.2 Å². The van der Waals surface area contributed by atoms with Crippen LogP contribution >= 0.6 is 0 Å². The van der Waals surface area contributed by atoms with Gasteiger partial charge in [-0.25, -0.2) is 0 Å². The minimum Gasteiger partial charge on any atom is -0.397 e. The normalized spacial score (nSPS) is 10.5. The van der Waals surface area contributed by atoms with Crippen molar-refractivity contribution in [1.82, 2.24) is 0 Å². The van der Waals surface area contributed by atoms with Crippen molar-refractivity contribution in [3.63, 3.8) is 0 Å². The van der Waals surface area contributed by atoms with Gasteiger partial charge in [0.1, 0.15) is 10.7 Å². The molecule has 0 atom stereocenters. The van der Waals surface area contributed by atoms with Crippen molar-refractivity contribution in [2.75, 3.05) is 5.73 Å². The van der Waals surface area contributed by atoms with E-state index in [9.17, 15) is 0 Å². The molecule has 4 heteroatoms. The first-order chi connectivity index (χ1) is 6.09. The van der Waals surface area contributed by atoms with Crippen molar-refractivity contribution in [3.8, 4) is 0 Å². The molecule has 0 aliphatic carbocycles. The highest BCUT2D eigenvalue weighted by Gasteiger charge is 2.08. The van der Waals surface area contributed by atoms with E-state index in [0.717, 1.165) is 12.8 Å². The molecule has 4 nitrogen and oxygen atoms in total. The maximum Gasteiger partial charge on any atom is 0.106 e. The number of hydrogen-bond acceptors (Lipinski definition) is 4. The van der Waals surface area contributed by atoms with Gasteiger partial charge in [-0.3, -0.25) is 16.2 Å². The van der Waals surface area contributed by atoms with Crippen LogP contribution in [0.1, 0.15) is 25.3 Å². The minimum absolute atomic E-state index is 0.0103. The predicted molar refractivity (Wildman–Crippen MR) is 49.4 cm³/mol. The molecule has 5 N–H and O–H groups in total. The zero-order valence-electron chi connectivity index (χ0n) is 7.70. The lowest BCUT2D eigenvalue weighted by molar-refractivity contribution is 0.790. The van der Waals surface area contributed by atoms with E-state index in [-0.39, 0.29) is 16.1 Å². The third-order valence-corrected chi connectivity index (χ3v) is 2.18. The van der Waals surface area contributed by atoms with E-state index >= 15 is 0 Å². The zero-order valence-corrected chi connectivity index (χ0v) is 7.70. The Balaban J connectivity index is 3.23. The van der Waals surface area contributed by atoms with Gasteiger partial charge in [-0.15, -0.1) is 0 Å². The lowest BCUT2D eigenvalue weighted by Crippen LogP contribution is -2.31. The van der Waals surface area contributed by atoms with Crippen molar-refractivity contribution in [2.45, 2.75) is 26.2 Å². The van der Waals surface area contributed by atoms with Crippen LogP contribution in [0.2, 0.25) is 0 Å². The van der Waals surface area contributed by atoms with Gasteiger partial charge in [0.25, 0.3) is 0 Å². The second-order valence-corrected chi connectivity index (χ2v) is 3.12. The molecule has 0 saturated carbocycles. The van der Waals surface area contributed by atoms with Crippen LogP contribution in [-0.2, 0) is 6.42 Å². The second kappa shape index (κ2) is 3.51. The highest BCUT2D eigenvalue weighted by Crippen LogP contribution is 2.03. The molecule has 1 rings (SSSR count). The molecule has 13 heavy (non-hydrogen) atoms. The molecule has 0 unspecified atom stereocenters. The van der Waals surface area contributed by atoms with E-state index in [1.807, 2.05) is 0 Å². The lowest BCUT2D eigenvalue weighted by Gasteiger charge is -1.96. The number of hydrogen-bond donors (Lipinski definition) is 4. The van der Waals surface area contributed by atoms with Crippen LogP contribution in [0.25, 0.3) is 0 Å². The summed E-state index contributed by atoms with van der Waals surface area (Å²) >= 11 is 0. The smallest absolute Gasteiger partial charge is 0.106 e. The highest BCUT2D eigenvalue weighted by atomic mass is 14.6. The fourth-order valence-corrected chi connectivity index (χ4v) is 1.31. The van der Waals surface area contributed by atoms with E-state index < -0.39 is 0 Å². The summed E-state index contributed by atoms with van der Waals surface area (Å²) in [6.45, 7) is 2.06. The Kier molecular flexibility index (Phi) is 2.60. The van der Waals surface area contributed by atoms with Gasteiger partial charge in [0.15, 0.2) is 0 Å². The molecule has 0 amide bonds. The van der Waals surface area contributed by atoms with Gasteiger partial charge < -0.3 is 5.73 Å². The Morgan fingerprint density at radius 1 is 1.08 bits per heavy atom. The number of anilines is 1. The highest BCUT2D eigenvalue weighted by molar-refractivity contribution is 5.46. The Morgan fingerprint density at radius 2 is 1.69 bits per heavy atom. The number of nitrogen functional groups attached to an aromatic ring is 1. The number of rotatable bonds is 3. The van der Waals surface area contributed by atoms with Gasteiger partial charge in [0, 0.05) is 5.56 Å².